The smallest absolute Gasteiger partial charge is 0.321 e. The van der Waals surface area contributed by atoms with Crippen LogP contribution in [0.1, 0.15) is 5.56 Å². The fourth-order valence-corrected chi connectivity index (χ4v) is 3.29. The Balaban J connectivity index is 1.62. The number of nitrogens with zero attached hydrogens (tertiary/aromatic N) is 2. The molecule has 0 aromatic heterocycles. The second-order valence-electron chi connectivity index (χ2n) is 6.26. The standard InChI is InChI=1S/C20H24N2O3/c1-25-18-9-7-16(8-10-18)15-19(20(23)24)22-13-11-21(12-14-22)17-5-3-2-4-6-17/h2-10,19H,11-15H2,1H3,(H,23,24)/t19-/m0/s1. The molecule has 0 saturated carbocycles. The number of hydrogen-bond acceptors (Lipinski definition) is 4. The lowest BCUT2D eigenvalue weighted by atomic mass is 10.0. The number of benzene rings is 2. The Kier molecular flexibility index (Phi) is 5.56. The summed E-state index contributed by atoms with van der Waals surface area (Å²) in [6.45, 7) is 3.19. The molecule has 1 N–H and O–H groups in total. The van der Waals surface area contributed by atoms with Gasteiger partial charge in [-0.05, 0) is 36.2 Å². The Bertz CT molecular complexity index is 680. The van der Waals surface area contributed by atoms with E-state index in [0.717, 1.165) is 37.5 Å². The zero-order valence-electron chi connectivity index (χ0n) is 14.5. The van der Waals surface area contributed by atoms with Crippen LogP contribution in [0.2, 0.25) is 0 Å². The van der Waals surface area contributed by atoms with E-state index in [1.165, 1.54) is 5.69 Å². The molecule has 0 bridgehead atoms. The maximum atomic E-state index is 11.8. The molecule has 3 rings (SSSR count). The van der Waals surface area contributed by atoms with Crippen molar-refractivity contribution in [1.82, 2.24) is 4.90 Å². The minimum Gasteiger partial charge on any atom is -0.497 e. The topological polar surface area (TPSA) is 53.0 Å². The largest absolute Gasteiger partial charge is 0.497 e. The molecular formula is C20H24N2O3. The highest BCUT2D eigenvalue weighted by Gasteiger charge is 2.29. The highest BCUT2D eigenvalue weighted by molar-refractivity contribution is 5.74. The first-order chi connectivity index (χ1) is 12.2. The van der Waals surface area contributed by atoms with Crippen LogP contribution < -0.4 is 9.64 Å². The minimum absolute atomic E-state index is 0.494. The van der Waals surface area contributed by atoms with Gasteiger partial charge in [0.15, 0.2) is 0 Å². The van der Waals surface area contributed by atoms with Crippen molar-refractivity contribution in [2.75, 3.05) is 38.2 Å². The summed E-state index contributed by atoms with van der Waals surface area (Å²) in [5.74, 6) is 0.0241. The number of anilines is 1. The van der Waals surface area contributed by atoms with E-state index in [1.807, 2.05) is 42.5 Å². The van der Waals surface area contributed by atoms with Gasteiger partial charge in [0, 0.05) is 31.9 Å². The summed E-state index contributed by atoms with van der Waals surface area (Å²) >= 11 is 0. The van der Waals surface area contributed by atoms with E-state index in [1.54, 1.807) is 7.11 Å². The van der Waals surface area contributed by atoms with Gasteiger partial charge in [-0.15, -0.1) is 0 Å². The summed E-state index contributed by atoms with van der Waals surface area (Å²) in [4.78, 5) is 16.2. The van der Waals surface area contributed by atoms with Crippen molar-refractivity contribution in [2.24, 2.45) is 0 Å². The number of carbonyl (C=O) groups is 1. The maximum Gasteiger partial charge on any atom is 0.321 e. The monoisotopic (exact) mass is 340 g/mol. The Morgan fingerprint density at radius 2 is 1.68 bits per heavy atom. The first-order valence-electron chi connectivity index (χ1n) is 8.57. The Morgan fingerprint density at radius 1 is 1.04 bits per heavy atom. The second-order valence-corrected chi connectivity index (χ2v) is 6.26. The number of para-hydroxylation sites is 1. The number of carboxylic acid groups (broad SMARTS) is 1. The predicted octanol–water partition coefficient (Wildman–Crippen LogP) is 2.51. The van der Waals surface area contributed by atoms with Crippen LogP contribution in [0.15, 0.2) is 54.6 Å². The van der Waals surface area contributed by atoms with Crippen molar-refractivity contribution in [1.29, 1.82) is 0 Å². The predicted molar refractivity (Wildman–Crippen MR) is 98.3 cm³/mol. The van der Waals surface area contributed by atoms with Gasteiger partial charge >= 0.3 is 5.97 Å². The third-order valence-electron chi connectivity index (χ3n) is 4.75. The van der Waals surface area contributed by atoms with E-state index in [0.29, 0.717) is 6.42 Å². The summed E-state index contributed by atoms with van der Waals surface area (Å²) in [7, 11) is 1.63. The van der Waals surface area contributed by atoms with Crippen molar-refractivity contribution in [3.63, 3.8) is 0 Å². The van der Waals surface area contributed by atoms with Crippen LogP contribution in [-0.2, 0) is 11.2 Å². The Hall–Kier alpha value is -2.53. The number of piperazine rings is 1. The van der Waals surface area contributed by atoms with Crippen LogP contribution in [0.3, 0.4) is 0 Å². The third-order valence-corrected chi connectivity index (χ3v) is 4.75. The molecule has 5 heteroatoms. The highest BCUT2D eigenvalue weighted by atomic mass is 16.5. The number of methoxy groups -OCH3 is 1. The van der Waals surface area contributed by atoms with Crippen LogP contribution in [0.5, 0.6) is 5.75 Å². The van der Waals surface area contributed by atoms with Gasteiger partial charge in [0.25, 0.3) is 0 Å². The lowest BCUT2D eigenvalue weighted by Gasteiger charge is -2.38. The van der Waals surface area contributed by atoms with Crippen molar-refractivity contribution < 1.29 is 14.6 Å². The first kappa shape index (κ1) is 17.3. The lowest BCUT2D eigenvalue weighted by Crippen LogP contribution is -2.53. The molecule has 25 heavy (non-hydrogen) atoms. The van der Waals surface area contributed by atoms with Crippen LogP contribution in [0.4, 0.5) is 5.69 Å². The maximum absolute atomic E-state index is 11.8. The molecule has 2 aromatic rings. The summed E-state index contributed by atoms with van der Waals surface area (Å²) in [6, 6.07) is 17.4. The Morgan fingerprint density at radius 3 is 2.24 bits per heavy atom. The molecule has 1 fully saturated rings. The molecular weight excluding hydrogens is 316 g/mol. The van der Waals surface area contributed by atoms with Gasteiger partial charge in [-0.25, -0.2) is 0 Å². The zero-order valence-corrected chi connectivity index (χ0v) is 14.5. The van der Waals surface area contributed by atoms with Gasteiger partial charge < -0.3 is 14.7 Å². The summed E-state index contributed by atoms with van der Waals surface area (Å²) in [5.41, 5.74) is 2.21. The van der Waals surface area contributed by atoms with E-state index < -0.39 is 12.0 Å². The molecule has 0 aliphatic carbocycles. The van der Waals surface area contributed by atoms with Gasteiger partial charge in [-0.3, -0.25) is 9.69 Å². The number of ether oxygens (including phenoxy) is 1. The molecule has 1 aliphatic rings. The van der Waals surface area contributed by atoms with Crippen LogP contribution in [-0.4, -0.2) is 55.3 Å². The molecule has 2 aromatic carbocycles. The van der Waals surface area contributed by atoms with E-state index >= 15 is 0 Å². The third kappa shape index (κ3) is 4.31. The molecule has 132 valence electrons. The van der Waals surface area contributed by atoms with Gasteiger partial charge in [-0.1, -0.05) is 30.3 Å². The fraction of sp³-hybridized carbons (Fsp3) is 0.350. The van der Waals surface area contributed by atoms with E-state index in [2.05, 4.69) is 21.9 Å². The summed E-state index contributed by atoms with van der Waals surface area (Å²) in [6.07, 6.45) is 0.505. The normalized spacial score (nSPS) is 16.4. The van der Waals surface area contributed by atoms with Gasteiger partial charge in [0.2, 0.25) is 0 Å². The number of rotatable bonds is 6. The van der Waals surface area contributed by atoms with E-state index in [9.17, 15) is 9.90 Å². The molecule has 0 unspecified atom stereocenters. The number of aliphatic carboxylic acids is 1. The summed E-state index contributed by atoms with van der Waals surface area (Å²) < 4.78 is 5.16. The quantitative estimate of drug-likeness (QED) is 0.876. The van der Waals surface area contributed by atoms with Crippen LogP contribution >= 0.6 is 0 Å². The molecule has 5 nitrogen and oxygen atoms in total. The SMILES string of the molecule is COc1ccc(C[C@@H](C(=O)O)N2CCN(c3ccccc3)CC2)cc1. The zero-order chi connectivity index (χ0) is 17.6. The molecule has 1 aliphatic heterocycles. The van der Waals surface area contributed by atoms with Crippen LogP contribution in [0.25, 0.3) is 0 Å². The second kappa shape index (κ2) is 8.03. The average Bonchev–Trinajstić information content (AvgIpc) is 2.67. The number of hydrogen-bond donors (Lipinski definition) is 1. The van der Waals surface area contributed by atoms with E-state index in [4.69, 9.17) is 4.74 Å². The van der Waals surface area contributed by atoms with Crippen LogP contribution in [0, 0.1) is 0 Å². The molecule has 1 saturated heterocycles. The summed E-state index contributed by atoms with van der Waals surface area (Å²) in [5, 5.41) is 9.69. The van der Waals surface area contributed by atoms with Gasteiger partial charge in [0.1, 0.15) is 11.8 Å². The van der Waals surface area contributed by atoms with Crippen molar-refractivity contribution >= 4 is 11.7 Å². The molecule has 0 spiro atoms. The number of carboxylic acids is 1. The van der Waals surface area contributed by atoms with E-state index in [-0.39, 0.29) is 0 Å². The molecule has 1 heterocycles. The highest BCUT2D eigenvalue weighted by Crippen LogP contribution is 2.19. The molecule has 0 radical (unpaired) electrons. The van der Waals surface area contributed by atoms with Gasteiger partial charge in [0.05, 0.1) is 7.11 Å². The van der Waals surface area contributed by atoms with Gasteiger partial charge in [-0.2, -0.15) is 0 Å². The van der Waals surface area contributed by atoms with Crippen molar-refractivity contribution in [3.05, 3.63) is 60.2 Å². The fourth-order valence-electron chi connectivity index (χ4n) is 3.29. The molecule has 0 amide bonds. The first-order valence-corrected chi connectivity index (χ1v) is 8.57. The van der Waals surface area contributed by atoms with Crippen molar-refractivity contribution in [3.8, 4) is 5.75 Å². The molecule has 1 atom stereocenters. The van der Waals surface area contributed by atoms with Crippen molar-refractivity contribution in [2.45, 2.75) is 12.5 Å². The Labute approximate surface area is 148 Å². The average molecular weight is 340 g/mol. The minimum atomic E-state index is -0.760. The lowest BCUT2D eigenvalue weighted by molar-refractivity contribution is -0.143.